The SMILES string of the molecule is C=C1/C(=C\C=C2/CCC[C@]3(C)C(CC[C@H]4OC(O)C(=C)[C@@H]4C)CC[C@@H]23)CCC2(CC2OCCCO)[C@@H]1O. The Hall–Kier alpha value is -1.24. The quantitative estimate of drug-likeness (QED) is 0.291. The first-order valence-corrected chi connectivity index (χ1v) is 14.7. The van der Waals surface area contributed by atoms with Gasteiger partial charge in [0.25, 0.3) is 0 Å². The lowest BCUT2D eigenvalue weighted by Crippen LogP contribution is -2.34. The van der Waals surface area contributed by atoms with E-state index in [4.69, 9.17) is 14.6 Å². The molecule has 4 saturated carbocycles. The maximum atomic E-state index is 11.1. The number of hydrogen-bond donors (Lipinski definition) is 3. The molecule has 1 spiro atoms. The molecule has 0 bridgehead atoms. The van der Waals surface area contributed by atoms with Crippen LogP contribution >= 0.6 is 0 Å². The van der Waals surface area contributed by atoms with E-state index in [0.717, 1.165) is 43.3 Å². The van der Waals surface area contributed by atoms with Gasteiger partial charge >= 0.3 is 0 Å². The molecule has 0 amide bonds. The highest BCUT2D eigenvalue weighted by molar-refractivity contribution is 5.42. The molecule has 1 aliphatic heterocycles. The summed E-state index contributed by atoms with van der Waals surface area (Å²) < 4.78 is 11.7. The van der Waals surface area contributed by atoms with Crippen LogP contribution in [0.5, 0.6) is 0 Å². The van der Waals surface area contributed by atoms with E-state index < -0.39 is 12.4 Å². The van der Waals surface area contributed by atoms with Crippen molar-refractivity contribution in [1.29, 1.82) is 0 Å². The highest BCUT2D eigenvalue weighted by Crippen LogP contribution is 2.61. The second-order valence-electron chi connectivity index (χ2n) is 12.9. The van der Waals surface area contributed by atoms with Gasteiger partial charge in [0, 0.05) is 24.5 Å². The summed E-state index contributed by atoms with van der Waals surface area (Å²) in [6.45, 7) is 13.7. The number of aliphatic hydroxyl groups is 3. The van der Waals surface area contributed by atoms with Gasteiger partial charge in [-0.05, 0) is 105 Å². The summed E-state index contributed by atoms with van der Waals surface area (Å²) >= 11 is 0. The second kappa shape index (κ2) is 10.7. The number of fused-ring (bicyclic) bond motifs is 1. The van der Waals surface area contributed by atoms with Crippen molar-refractivity contribution < 1.29 is 24.8 Å². The van der Waals surface area contributed by atoms with Gasteiger partial charge in [0.1, 0.15) is 0 Å². The molecule has 4 unspecified atom stereocenters. The molecule has 5 fully saturated rings. The maximum Gasteiger partial charge on any atom is 0.177 e. The van der Waals surface area contributed by atoms with E-state index in [0.29, 0.717) is 30.3 Å². The van der Waals surface area contributed by atoms with Crippen LogP contribution in [0.1, 0.15) is 84.5 Å². The van der Waals surface area contributed by atoms with Crippen LogP contribution in [0.2, 0.25) is 0 Å². The maximum absolute atomic E-state index is 11.1. The Balaban J connectivity index is 1.21. The van der Waals surface area contributed by atoms with Crippen molar-refractivity contribution in [3.8, 4) is 0 Å². The molecule has 5 heteroatoms. The zero-order valence-electron chi connectivity index (χ0n) is 23.0. The Morgan fingerprint density at radius 3 is 2.65 bits per heavy atom. The van der Waals surface area contributed by atoms with Crippen LogP contribution in [0.15, 0.2) is 47.6 Å². The molecule has 3 N–H and O–H groups in total. The van der Waals surface area contributed by atoms with E-state index in [1.54, 1.807) is 5.57 Å². The Morgan fingerprint density at radius 2 is 1.92 bits per heavy atom. The first-order valence-electron chi connectivity index (χ1n) is 14.7. The first-order chi connectivity index (χ1) is 17.7. The first kappa shape index (κ1) is 27.3. The molecular weight excluding hydrogens is 464 g/mol. The number of ether oxygens (including phenoxy) is 2. The van der Waals surface area contributed by atoms with Gasteiger partial charge in [-0.1, -0.05) is 44.7 Å². The summed E-state index contributed by atoms with van der Waals surface area (Å²) in [5, 5.41) is 30.1. The Morgan fingerprint density at radius 1 is 1.11 bits per heavy atom. The fraction of sp³-hybridized carbons (Fsp3) is 0.750. The highest BCUT2D eigenvalue weighted by atomic mass is 16.6. The van der Waals surface area contributed by atoms with Crippen LogP contribution in [0.25, 0.3) is 0 Å². The van der Waals surface area contributed by atoms with Crippen molar-refractivity contribution in [2.75, 3.05) is 13.2 Å². The molecule has 1 saturated heterocycles. The molecule has 0 aromatic carbocycles. The van der Waals surface area contributed by atoms with Crippen molar-refractivity contribution >= 4 is 0 Å². The van der Waals surface area contributed by atoms with Gasteiger partial charge in [0.15, 0.2) is 6.29 Å². The lowest BCUT2D eigenvalue weighted by atomic mass is 9.62. The van der Waals surface area contributed by atoms with Crippen LogP contribution in [0, 0.1) is 28.6 Å². The van der Waals surface area contributed by atoms with Crippen LogP contribution in [-0.4, -0.2) is 53.1 Å². The average Bonchev–Trinajstić information content (AvgIpc) is 3.38. The minimum absolute atomic E-state index is 0.0895. The number of hydrogen-bond acceptors (Lipinski definition) is 5. The Kier molecular flexibility index (Phi) is 7.93. The summed E-state index contributed by atoms with van der Waals surface area (Å²) in [5.74, 6) is 1.55. The van der Waals surface area contributed by atoms with Gasteiger partial charge in [-0.25, -0.2) is 0 Å². The molecule has 4 aliphatic carbocycles. The van der Waals surface area contributed by atoms with Crippen molar-refractivity contribution in [2.24, 2.45) is 28.6 Å². The molecule has 206 valence electrons. The highest BCUT2D eigenvalue weighted by Gasteiger charge is 2.61. The summed E-state index contributed by atoms with van der Waals surface area (Å²) in [6, 6.07) is 0. The molecule has 5 nitrogen and oxygen atoms in total. The van der Waals surface area contributed by atoms with Gasteiger partial charge in [0.05, 0.1) is 18.3 Å². The number of aliphatic hydroxyl groups excluding tert-OH is 3. The normalized spacial score (nSPS) is 45.8. The fourth-order valence-corrected chi connectivity index (χ4v) is 8.28. The van der Waals surface area contributed by atoms with E-state index in [1.807, 2.05) is 0 Å². The standard InChI is InChI=1S/C32H48O5/c1-20-21(2)30(35)37-27(20)13-11-25-10-12-26-24(7-5-15-31(25,26)4)9-8-23-14-16-32(29(34)22(23)3)19-28(32)36-18-6-17-33/h8-9,20,25-30,33-35H,2-3,5-7,10-19H2,1,4H3/b23-8-,24-9+/t20-,25?,26-,27+,28?,29+,30?,31+,32?/m0/s1. The van der Waals surface area contributed by atoms with E-state index in [9.17, 15) is 10.2 Å². The van der Waals surface area contributed by atoms with Crippen molar-refractivity contribution in [1.82, 2.24) is 0 Å². The van der Waals surface area contributed by atoms with Crippen LogP contribution in [0.3, 0.4) is 0 Å². The third kappa shape index (κ3) is 4.96. The fourth-order valence-electron chi connectivity index (χ4n) is 8.28. The molecule has 9 atom stereocenters. The lowest BCUT2D eigenvalue weighted by molar-refractivity contribution is -0.0837. The topological polar surface area (TPSA) is 79.2 Å². The molecule has 0 aromatic heterocycles. The number of allylic oxidation sites excluding steroid dienone is 3. The van der Waals surface area contributed by atoms with Crippen molar-refractivity contribution in [2.45, 2.75) is 109 Å². The summed E-state index contributed by atoms with van der Waals surface area (Å²) in [5.41, 5.74) is 4.64. The van der Waals surface area contributed by atoms with E-state index in [-0.39, 0.29) is 30.1 Å². The molecule has 1 heterocycles. The average molecular weight is 513 g/mol. The number of rotatable bonds is 8. The third-order valence-electron chi connectivity index (χ3n) is 11.0. The van der Waals surface area contributed by atoms with Gasteiger partial charge in [-0.3, -0.25) is 0 Å². The monoisotopic (exact) mass is 512 g/mol. The summed E-state index contributed by atoms with van der Waals surface area (Å²) in [4.78, 5) is 0. The molecule has 0 radical (unpaired) electrons. The van der Waals surface area contributed by atoms with Crippen molar-refractivity contribution in [3.05, 3.63) is 47.6 Å². The Bertz CT molecular complexity index is 951. The van der Waals surface area contributed by atoms with Crippen LogP contribution in [0.4, 0.5) is 0 Å². The predicted octanol–water partition coefficient (Wildman–Crippen LogP) is 5.61. The van der Waals surface area contributed by atoms with Gasteiger partial charge in [-0.2, -0.15) is 0 Å². The zero-order chi connectivity index (χ0) is 26.4. The minimum atomic E-state index is -0.795. The summed E-state index contributed by atoms with van der Waals surface area (Å²) in [7, 11) is 0. The summed E-state index contributed by atoms with van der Waals surface area (Å²) in [6.07, 6.45) is 15.3. The second-order valence-corrected chi connectivity index (χ2v) is 12.9. The predicted molar refractivity (Wildman–Crippen MR) is 146 cm³/mol. The van der Waals surface area contributed by atoms with Crippen LogP contribution in [-0.2, 0) is 9.47 Å². The largest absolute Gasteiger partial charge is 0.396 e. The van der Waals surface area contributed by atoms with E-state index in [2.05, 4.69) is 39.2 Å². The minimum Gasteiger partial charge on any atom is -0.396 e. The Labute approximate surface area is 223 Å². The third-order valence-corrected chi connectivity index (χ3v) is 11.0. The van der Waals surface area contributed by atoms with E-state index >= 15 is 0 Å². The molecular formula is C32H48O5. The van der Waals surface area contributed by atoms with Crippen molar-refractivity contribution in [3.63, 3.8) is 0 Å². The van der Waals surface area contributed by atoms with Crippen LogP contribution < -0.4 is 0 Å². The van der Waals surface area contributed by atoms with Gasteiger partial charge < -0.3 is 24.8 Å². The smallest absolute Gasteiger partial charge is 0.177 e. The zero-order valence-corrected chi connectivity index (χ0v) is 23.0. The molecule has 5 rings (SSSR count). The lowest BCUT2D eigenvalue weighted by Gasteiger charge is -2.42. The van der Waals surface area contributed by atoms with Gasteiger partial charge in [-0.15, -0.1) is 0 Å². The van der Waals surface area contributed by atoms with E-state index in [1.165, 1.54) is 37.7 Å². The molecule has 37 heavy (non-hydrogen) atoms. The van der Waals surface area contributed by atoms with Gasteiger partial charge in [0.2, 0.25) is 0 Å². The molecule has 5 aliphatic rings. The molecule has 0 aromatic rings.